The Labute approximate surface area is 172 Å². The molecule has 0 aliphatic rings. The molecule has 154 valence electrons. The summed E-state index contributed by atoms with van der Waals surface area (Å²) in [5, 5.41) is 0. The van der Waals surface area contributed by atoms with Gasteiger partial charge in [-0.15, -0.1) is 5.54 Å². The molecule has 5 heteroatoms. The second-order valence-electron chi connectivity index (χ2n) is 8.07. The SMILES string of the molecule is C[C@@H](/C=C\C#C[Si](C)(C)C)[C@@H](OCc1ccccc1)c1ccc(C(F)(F)F)cc1. The Kier molecular flexibility index (Phi) is 7.89. The summed E-state index contributed by atoms with van der Waals surface area (Å²) in [5.41, 5.74) is 4.34. The summed E-state index contributed by atoms with van der Waals surface area (Å²) >= 11 is 0. The average Bonchev–Trinajstić information content (AvgIpc) is 2.65. The smallest absolute Gasteiger partial charge is 0.368 e. The van der Waals surface area contributed by atoms with Crippen LogP contribution in [0.2, 0.25) is 19.6 Å². The van der Waals surface area contributed by atoms with Gasteiger partial charge in [-0.05, 0) is 29.3 Å². The highest BCUT2D eigenvalue weighted by Gasteiger charge is 2.30. The summed E-state index contributed by atoms with van der Waals surface area (Å²) in [7, 11) is -1.45. The molecule has 0 radical (unpaired) electrons. The highest BCUT2D eigenvalue weighted by molar-refractivity contribution is 6.83. The zero-order valence-electron chi connectivity index (χ0n) is 17.3. The number of alkyl halides is 3. The fraction of sp³-hybridized carbons (Fsp3) is 0.333. The van der Waals surface area contributed by atoms with Crippen LogP contribution in [0.4, 0.5) is 13.2 Å². The van der Waals surface area contributed by atoms with Gasteiger partial charge < -0.3 is 4.74 Å². The van der Waals surface area contributed by atoms with Crippen LogP contribution < -0.4 is 0 Å². The maximum Gasteiger partial charge on any atom is 0.416 e. The van der Waals surface area contributed by atoms with Gasteiger partial charge in [0.2, 0.25) is 0 Å². The van der Waals surface area contributed by atoms with E-state index in [4.69, 9.17) is 4.74 Å². The van der Waals surface area contributed by atoms with Gasteiger partial charge in [0.25, 0.3) is 0 Å². The van der Waals surface area contributed by atoms with E-state index in [1.54, 1.807) is 0 Å². The van der Waals surface area contributed by atoms with Gasteiger partial charge in [-0.3, -0.25) is 0 Å². The first kappa shape index (κ1) is 23.0. The lowest BCUT2D eigenvalue weighted by molar-refractivity contribution is -0.137. The lowest BCUT2D eigenvalue weighted by Gasteiger charge is -2.23. The second-order valence-corrected chi connectivity index (χ2v) is 12.8. The van der Waals surface area contributed by atoms with Gasteiger partial charge in [0.05, 0.1) is 18.3 Å². The fourth-order valence-electron chi connectivity index (χ4n) is 2.73. The molecule has 0 aromatic heterocycles. The monoisotopic (exact) mass is 416 g/mol. The molecule has 0 fully saturated rings. The molecular formula is C24H27F3OSi. The lowest BCUT2D eigenvalue weighted by atomic mass is 9.95. The fourth-order valence-corrected chi connectivity index (χ4v) is 3.25. The van der Waals surface area contributed by atoms with Crippen LogP contribution >= 0.6 is 0 Å². The molecule has 0 unspecified atom stereocenters. The molecule has 1 nitrogen and oxygen atoms in total. The zero-order valence-corrected chi connectivity index (χ0v) is 18.3. The molecule has 0 N–H and O–H groups in total. The highest BCUT2D eigenvalue weighted by atomic mass is 28.3. The molecule has 2 aromatic rings. The van der Waals surface area contributed by atoms with Crippen molar-refractivity contribution in [3.63, 3.8) is 0 Å². The van der Waals surface area contributed by atoms with E-state index in [2.05, 4.69) is 31.1 Å². The van der Waals surface area contributed by atoms with Crippen molar-refractivity contribution in [3.8, 4) is 11.5 Å². The Morgan fingerprint density at radius 1 is 1.00 bits per heavy atom. The Hall–Kier alpha value is -2.29. The second kappa shape index (κ2) is 9.95. The van der Waals surface area contributed by atoms with E-state index in [9.17, 15) is 13.2 Å². The Balaban J connectivity index is 2.22. The summed E-state index contributed by atoms with van der Waals surface area (Å²) in [5.74, 6) is 3.04. The molecule has 2 rings (SSSR count). The quantitative estimate of drug-likeness (QED) is 0.363. The number of rotatable bonds is 6. The first-order chi connectivity index (χ1) is 13.6. The molecule has 2 aromatic carbocycles. The molecule has 0 aliphatic carbocycles. The third-order valence-corrected chi connectivity index (χ3v) is 5.14. The molecule has 0 saturated heterocycles. The van der Waals surface area contributed by atoms with Gasteiger partial charge >= 0.3 is 6.18 Å². The van der Waals surface area contributed by atoms with Gasteiger partial charge in [-0.2, -0.15) is 13.2 Å². The van der Waals surface area contributed by atoms with Crippen LogP contribution in [-0.2, 0) is 17.5 Å². The van der Waals surface area contributed by atoms with Crippen LogP contribution in [0.5, 0.6) is 0 Å². The average molecular weight is 417 g/mol. The number of allylic oxidation sites excluding steroid dienone is 1. The van der Waals surface area contributed by atoms with Gasteiger partial charge in [0.1, 0.15) is 8.07 Å². The molecule has 0 spiro atoms. The van der Waals surface area contributed by atoms with E-state index >= 15 is 0 Å². The molecule has 0 amide bonds. The summed E-state index contributed by atoms with van der Waals surface area (Å²) in [6.07, 6.45) is -0.939. The third kappa shape index (κ3) is 7.92. The van der Waals surface area contributed by atoms with E-state index in [-0.39, 0.29) is 12.0 Å². The first-order valence-electron chi connectivity index (χ1n) is 9.58. The predicted molar refractivity (Wildman–Crippen MR) is 115 cm³/mol. The van der Waals surface area contributed by atoms with E-state index in [1.165, 1.54) is 12.1 Å². The summed E-state index contributed by atoms with van der Waals surface area (Å²) < 4.78 is 44.8. The van der Waals surface area contributed by atoms with Crippen molar-refractivity contribution in [3.05, 3.63) is 83.4 Å². The standard InChI is InChI=1S/C24H27F3OSi/c1-19(10-8-9-17-29(2,3)4)23(28-18-20-11-6-5-7-12-20)21-13-15-22(16-14-21)24(25,26)27/h5-8,10-16,19,23H,18H2,1-4H3/b10-8-/t19-,23+/m0/s1. The lowest BCUT2D eigenvalue weighted by Crippen LogP contribution is -2.16. The Bertz CT molecular complexity index is 853. The summed E-state index contributed by atoms with van der Waals surface area (Å²) in [6, 6.07) is 14.9. The Morgan fingerprint density at radius 3 is 2.17 bits per heavy atom. The van der Waals surface area contributed by atoms with Crippen molar-refractivity contribution in [1.82, 2.24) is 0 Å². The minimum atomic E-state index is -4.35. The minimum absolute atomic E-state index is 0.0496. The van der Waals surface area contributed by atoms with E-state index < -0.39 is 19.8 Å². The molecule has 0 saturated carbocycles. The van der Waals surface area contributed by atoms with Gasteiger partial charge in [0.15, 0.2) is 0 Å². The van der Waals surface area contributed by atoms with E-state index in [0.717, 1.165) is 17.7 Å². The molecule has 0 heterocycles. The first-order valence-corrected chi connectivity index (χ1v) is 13.1. The summed E-state index contributed by atoms with van der Waals surface area (Å²) in [4.78, 5) is 0. The zero-order chi connectivity index (χ0) is 21.5. The van der Waals surface area contributed by atoms with Crippen LogP contribution in [0.3, 0.4) is 0 Å². The topological polar surface area (TPSA) is 9.23 Å². The van der Waals surface area contributed by atoms with Crippen LogP contribution in [0, 0.1) is 17.4 Å². The van der Waals surface area contributed by atoms with Crippen molar-refractivity contribution in [1.29, 1.82) is 0 Å². The van der Waals surface area contributed by atoms with E-state index in [0.29, 0.717) is 12.2 Å². The van der Waals surface area contributed by atoms with Crippen LogP contribution in [-0.4, -0.2) is 8.07 Å². The van der Waals surface area contributed by atoms with Crippen LogP contribution in [0.1, 0.15) is 29.7 Å². The number of hydrogen-bond acceptors (Lipinski definition) is 1. The molecule has 0 aliphatic heterocycles. The van der Waals surface area contributed by atoms with Gasteiger partial charge in [0, 0.05) is 5.92 Å². The van der Waals surface area contributed by atoms with Gasteiger partial charge in [-0.25, -0.2) is 0 Å². The molecule has 2 atom stereocenters. The molecule has 29 heavy (non-hydrogen) atoms. The van der Waals surface area contributed by atoms with Crippen molar-refractivity contribution < 1.29 is 17.9 Å². The van der Waals surface area contributed by atoms with E-state index in [1.807, 2.05) is 49.4 Å². The minimum Gasteiger partial charge on any atom is -0.368 e. The third-order valence-electron chi connectivity index (χ3n) is 4.25. The number of halogens is 3. The van der Waals surface area contributed by atoms with Crippen LogP contribution in [0.25, 0.3) is 0 Å². The van der Waals surface area contributed by atoms with Gasteiger partial charge in [-0.1, -0.05) is 81.0 Å². The predicted octanol–water partition coefficient (Wildman–Crippen LogP) is 7.04. The number of hydrogen-bond donors (Lipinski definition) is 0. The van der Waals surface area contributed by atoms with Crippen LogP contribution in [0.15, 0.2) is 66.7 Å². The molecule has 0 bridgehead atoms. The number of ether oxygens (including phenoxy) is 1. The van der Waals surface area contributed by atoms with Crippen molar-refractivity contribution in [2.24, 2.45) is 5.92 Å². The largest absolute Gasteiger partial charge is 0.416 e. The molecular weight excluding hydrogens is 389 g/mol. The van der Waals surface area contributed by atoms with Crippen molar-refractivity contribution in [2.45, 2.75) is 45.5 Å². The normalized spacial score (nSPS) is 14.3. The maximum atomic E-state index is 12.9. The number of benzene rings is 2. The van der Waals surface area contributed by atoms with Crippen molar-refractivity contribution in [2.75, 3.05) is 0 Å². The Morgan fingerprint density at radius 2 is 1.62 bits per heavy atom. The summed E-state index contributed by atoms with van der Waals surface area (Å²) in [6.45, 7) is 8.88. The van der Waals surface area contributed by atoms with Crippen molar-refractivity contribution >= 4 is 8.07 Å². The maximum absolute atomic E-state index is 12.9. The highest BCUT2D eigenvalue weighted by Crippen LogP contribution is 2.33.